The van der Waals surface area contributed by atoms with Crippen molar-refractivity contribution in [2.75, 3.05) is 20.3 Å². The largest absolute Gasteiger partial charge is 0.512 e. The molecule has 1 fully saturated rings. The normalized spacial score (nSPS) is 20.8. The van der Waals surface area contributed by atoms with Crippen LogP contribution in [0.25, 0.3) is 0 Å². The molecular formula is C28H36O8. The van der Waals surface area contributed by atoms with Crippen molar-refractivity contribution in [1.29, 1.82) is 0 Å². The van der Waals surface area contributed by atoms with Gasteiger partial charge in [0.25, 0.3) is 0 Å². The molecule has 2 aliphatic carbocycles. The second-order valence-electron chi connectivity index (χ2n) is 11.2. The van der Waals surface area contributed by atoms with Gasteiger partial charge in [-0.2, -0.15) is 0 Å². The number of hydrogen-bond acceptors (Lipinski definition) is 8. The highest BCUT2D eigenvalue weighted by atomic mass is 16.6. The Hall–Kier alpha value is -3.16. The van der Waals surface area contributed by atoms with Crippen LogP contribution in [0.1, 0.15) is 71.8 Å². The monoisotopic (exact) mass is 500 g/mol. The van der Waals surface area contributed by atoms with E-state index in [1.165, 1.54) is 7.11 Å². The SMILES string of the molecule is CCOC(=O)COc1ccc(C(C2=C(O)CC(C)(C)CC2=O)C2C(=O)CC(C)(C)CC2=O)cc1OC. The molecule has 0 saturated heterocycles. The van der Waals surface area contributed by atoms with Crippen molar-refractivity contribution in [3.05, 3.63) is 35.1 Å². The molecule has 1 unspecified atom stereocenters. The number of esters is 1. The number of carbonyl (C=O) groups is 4. The molecule has 0 amide bonds. The fourth-order valence-corrected chi connectivity index (χ4v) is 5.29. The van der Waals surface area contributed by atoms with E-state index in [0.717, 1.165) is 0 Å². The molecule has 0 aromatic heterocycles. The number of aliphatic hydroxyl groups excluding tert-OH is 1. The highest BCUT2D eigenvalue weighted by Crippen LogP contribution is 2.48. The molecule has 1 aromatic rings. The molecule has 8 heteroatoms. The molecule has 1 atom stereocenters. The number of ether oxygens (including phenoxy) is 3. The van der Waals surface area contributed by atoms with Gasteiger partial charge in [0.1, 0.15) is 17.3 Å². The fraction of sp³-hybridized carbons (Fsp3) is 0.571. The maximum absolute atomic E-state index is 13.3. The molecule has 0 radical (unpaired) electrons. The van der Waals surface area contributed by atoms with E-state index in [4.69, 9.17) is 14.2 Å². The molecule has 0 heterocycles. The number of benzene rings is 1. The van der Waals surface area contributed by atoms with E-state index >= 15 is 0 Å². The van der Waals surface area contributed by atoms with Crippen molar-refractivity contribution in [2.45, 2.75) is 66.2 Å². The lowest BCUT2D eigenvalue weighted by molar-refractivity contribution is -0.145. The maximum atomic E-state index is 13.3. The molecule has 1 saturated carbocycles. The summed E-state index contributed by atoms with van der Waals surface area (Å²) < 4.78 is 15.9. The molecule has 36 heavy (non-hydrogen) atoms. The zero-order chi connectivity index (χ0) is 26.8. The van der Waals surface area contributed by atoms with Crippen molar-refractivity contribution in [3.8, 4) is 11.5 Å². The van der Waals surface area contributed by atoms with Gasteiger partial charge in [-0.1, -0.05) is 33.8 Å². The molecule has 0 spiro atoms. The predicted octanol–water partition coefficient (Wildman–Crippen LogP) is 4.50. The van der Waals surface area contributed by atoms with Crippen molar-refractivity contribution >= 4 is 23.3 Å². The van der Waals surface area contributed by atoms with Crippen molar-refractivity contribution < 1.29 is 38.5 Å². The Kier molecular flexibility index (Phi) is 7.96. The maximum Gasteiger partial charge on any atom is 0.344 e. The summed E-state index contributed by atoms with van der Waals surface area (Å²) in [5.74, 6) is -2.90. The van der Waals surface area contributed by atoms with E-state index < -0.39 is 28.6 Å². The topological polar surface area (TPSA) is 116 Å². The smallest absolute Gasteiger partial charge is 0.344 e. The van der Waals surface area contributed by atoms with Crippen LogP contribution in [0.3, 0.4) is 0 Å². The van der Waals surface area contributed by atoms with E-state index in [-0.39, 0.29) is 79.1 Å². The number of methoxy groups -OCH3 is 1. The molecule has 2 aliphatic rings. The Morgan fingerprint density at radius 1 is 1.00 bits per heavy atom. The van der Waals surface area contributed by atoms with Crippen LogP contribution in [0, 0.1) is 16.7 Å². The molecule has 0 bridgehead atoms. The van der Waals surface area contributed by atoms with Gasteiger partial charge in [-0.3, -0.25) is 14.4 Å². The van der Waals surface area contributed by atoms with Gasteiger partial charge in [0, 0.05) is 37.2 Å². The van der Waals surface area contributed by atoms with E-state index in [1.807, 2.05) is 27.7 Å². The van der Waals surface area contributed by atoms with Crippen LogP contribution >= 0.6 is 0 Å². The van der Waals surface area contributed by atoms with Crippen LogP contribution in [-0.2, 0) is 23.9 Å². The Bertz CT molecular complexity index is 1070. The molecule has 1 N–H and O–H groups in total. The van der Waals surface area contributed by atoms with Crippen LogP contribution in [0.4, 0.5) is 0 Å². The highest BCUT2D eigenvalue weighted by Gasteiger charge is 2.48. The van der Waals surface area contributed by atoms with Crippen molar-refractivity contribution in [2.24, 2.45) is 16.7 Å². The molecule has 0 aliphatic heterocycles. The fourth-order valence-electron chi connectivity index (χ4n) is 5.29. The Labute approximate surface area is 212 Å². The van der Waals surface area contributed by atoms with Gasteiger partial charge in [-0.15, -0.1) is 0 Å². The first kappa shape index (κ1) is 27.4. The zero-order valence-electron chi connectivity index (χ0n) is 21.9. The first-order valence-electron chi connectivity index (χ1n) is 12.3. The van der Waals surface area contributed by atoms with E-state index in [2.05, 4.69) is 0 Å². The quantitative estimate of drug-likeness (QED) is 0.410. The molecular weight excluding hydrogens is 464 g/mol. The van der Waals surface area contributed by atoms with Crippen LogP contribution in [0.15, 0.2) is 29.5 Å². The zero-order valence-corrected chi connectivity index (χ0v) is 21.9. The van der Waals surface area contributed by atoms with Gasteiger partial charge in [0.05, 0.1) is 19.6 Å². The second kappa shape index (κ2) is 10.4. The van der Waals surface area contributed by atoms with Crippen LogP contribution in [0.5, 0.6) is 11.5 Å². The number of hydrogen-bond donors (Lipinski definition) is 1. The Morgan fingerprint density at radius 3 is 2.17 bits per heavy atom. The lowest BCUT2D eigenvalue weighted by atomic mass is 9.62. The third-order valence-electron chi connectivity index (χ3n) is 6.74. The number of carbonyl (C=O) groups excluding carboxylic acids is 4. The van der Waals surface area contributed by atoms with Gasteiger partial charge in [0.15, 0.2) is 23.9 Å². The average molecular weight is 501 g/mol. The highest BCUT2D eigenvalue weighted by molar-refractivity contribution is 6.09. The summed E-state index contributed by atoms with van der Waals surface area (Å²) in [6.45, 7) is 9.14. The number of ketones is 3. The first-order valence-corrected chi connectivity index (χ1v) is 12.3. The predicted molar refractivity (Wildman–Crippen MR) is 132 cm³/mol. The van der Waals surface area contributed by atoms with E-state index in [0.29, 0.717) is 5.56 Å². The molecule has 8 nitrogen and oxygen atoms in total. The number of allylic oxidation sites excluding steroid dienone is 2. The van der Waals surface area contributed by atoms with E-state index in [1.54, 1.807) is 25.1 Å². The van der Waals surface area contributed by atoms with Gasteiger partial charge in [-0.05, 0) is 35.4 Å². The van der Waals surface area contributed by atoms with E-state index in [9.17, 15) is 24.3 Å². The summed E-state index contributed by atoms with van der Waals surface area (Å²) in [5, 5.41) is 11.0. The minimum atomic E-state index is -1.09. The number of rotatable bonds is 8. The van der Waals surface area contributed by atoms with Crippen LogP contribution in [-0.4, -0.2) is 48.7 Å². The lowest BCUT2D eigenvalue weighted by Crippen LogP contribution is -2.43. The Morgan fingerprint density at radius 2 is 1.61 bits per heavy atom. The van der Waals surface area contributed by atoms with Crippen LogP contribution in [0.2, 0.25) is 0 Å². The third kappa shape index (κ3) is 5.97. The second-order valence-corrected chi connectivity index (χ2v) is 11.2. The van der Waals surface area contributed by atoms with Gasteiger partial charge >= 0.3 is 5.97 Å². The molecule has 3 rings (SSSR count). The average Bonchev–Trinajstić information content (AvgIpc) is 2.74. The summed E-state index contributed by atoms with van der Waals surface area (Å²) >= 11 is 0. The lowest BCUT2D eigenvalue weighted by Gasteiger charge is -2.39. The van der Waals surface area contributed by atoms with Gasteiger partial charge in [0.2, 0.25) is 0 Å². The molecule has 196 valence electrons. The standard InChI is InChI=1S/C28H36O8/c1-7-35-23(33)15-36-21-9-8-16(10-22(21)34-6)24(25-17(29)11-27(2,3)12-18(25)30)26-19(31)13-28(4,5)14-20(26)32/h8-10,24-25,31H,7,11-15H2,1-6H3. The minimum absolute atomic E-state index is 0.0895. The summed E-state index contributed by atoms with van der Waals surface area (Å²) in [5.41, 5.74) is -0.299. The summed E-state index contributed by atoms with van der Waals surface area (Å²) in [4.78, 5) is 51.7. The first-order chi connectivity index (χ1) is 16.8. The number of aliphatic hydroxyl groups is 1. The Balaban J connectivity index is 2.09. The summed E-state index contributed by atoms with van der Waals surface area (Å²) in [7, 11) is 1.43. The van der Waals surface area contributed by atoms with Gasteiger partial charge in [-0.25, -0.2) is 4.79 Å². The van der Waals surface area contributed by atoms with Crippen molar-refractivity contribution in [3.63, 3.8) is 0 Å². The third-order valence-corrected chi connectivity index (χ3v) is 6.74. The molecule has 1 aromatic carbocycles. The van der Waals surface area contributed by atoms with Crippen molar-refractivity contribution in [1.82, 2.24) is 0 Å². The minimum Gasteiger partial charge on any atom is -0.512 e. The van der Waals surface area contributed by atoms with Crippen LogP contribution < -0.4 is 9.47 Å². The van der Waals surface area contributed by atoms with Gasteiger partial charge < -0.3 is 19.3 Å². The number of Topliss-reactive ketones (excluding diaryl/α,β-unsaturated/α-hetero) is 3. The summed E-state index contributed by atoms with van der Waals surface area (Å²) in [6, 6.07) is 4.80. The summed E-state index contributed by atoms with van der Waals surface area (Å²) in [6.07, 6.45) is 0.862.